The Kier molecular flexibility index (Phi) is 5.97. The first kappa shape index (κ1) is 16.2. The Morgan fingerprint density at radius 3 is 2.62 bits per heavy atom. The average Bonchev–Trinajstić information content (AvgIpc) is 2.47. The normalized spacial score (nSPS) is 10.4. The van der Waals surface area contributed by atoms with Gasteiger partial charge in [-0.05, 0) is 37.3 Å². The minimum absolute atomic E-state index is 0.00253. The molecule has 0 aliphatic carbocycles. The Morgan fingerprint density at radius 2 is 1.90 bits per heavy atom. The summed E-state index contributed by atoms with van der Waals surface area (Å²) in [5.74, 6) is 1.38. The van der Waals surface area contributed by atoms with Crippen LogP contribution in [-0.4, -0.2) is 18.1 Å². The monoisotopic (exact) mass is 340 g/mol. The van der Waals surface area contributed by atoms with Gasteiger partial charge in [0.25, 0.3) is 0 Å². The van der Waals surface area contributed by atoms with Gasteiger partial charge in [-0.3, -0.25) is 4.79 Å². The first-order valence-corrected chi connectivity index (χ1v) is 8.12. The lowest BCUT2D eigenvalue weighted by Crippen LogP contribution is -2.04. The molecule has 0 aliphatic heterocycles. The molecule has 0 spiro atoms. The molecule has 0 unspecified atom stereocenters. The molecule has 0 aromatic heterocycles. The van der Waals surface area contributed by atoms with Crippen molar-refractivity contribution in [1.29, 1.82) is 0 Å². The maximum atomic E-state index is 11.5. The van der Waals surface area contributed by atoms with E-state index in [0.717, 1.165) is 10.6 Å². The maximum Gasteiger partial charge on any atom is 0.163 e. The van der Waals surface area contributed by atoms with Crippen molar-refractivity contribution in [2.75, 3.05) is 12.4 Å². The SMILES string of the molecule is CC(=O)c1ccccc1OCCSc1ccc(Cl)c(Cl)c1. The summed E-state index contributed by atoms with van der Waals surface area (Å²) in [6.45, 7) is 2.04. The van der Waals surface area contributed by atoms with Crippen LogP contribution in [0.2, 0.25) is 10.0 Å². The third kappa shape index (κ3) is 4.67. The zero-order chi connectivity index (χ0) is 15.2. The Labute approximate surface area is 138 Å². The van der Waals surface area contributed by atoms with Crippen molar-refractivity contribution in [3.63, 3.8) is 0 Å². The van der Waals surface area contributed by atoms with Gasteiger partial charge in [0.05, 0.1) is 22.2 Å². The fraction of sp³-hybridized carbons (Fsp3) is 0.188. The van der Waals surface area contributed by atoms with Gasteiger partial charge in [0.2, 0.25) is 0 Å². The molecule has 2 aromatic rings. The van der Waals surface area contributed by atoms with E-state index in [1.165, 1.54) is 6.92 Å². The van der Waals surface area contributed by atoms with Crippen LogP contribution in [0.5, 0.6) is 5.75 Å². The average molecular weight is 341 g/mol. The first-order chi connectivity index (χ1) is 10.1. The van der Waals surface area contributed by atoms with E-state index in [-0.39, 0.29) is 5.78 Å². The predicted molar refractivity (Wildman–Crippen MR) is 89.1 cm³/mol. The highest BCUT2D eigenvalue weighted by Gasteiger charge is 2.07. The molecule has 0 heterocycles. The van der Waals surface area contributed by atoms with E-state index >= 15 is 0 Å². The summed E-state index contributed by atoms with van der Waals surface area (Å²) < 4.78 is 5.67. The maximum absolute atomic E-state index is 11.5. The van der Waals surface area contributed by atoms with Gasteiger partial charge in [-0.25, -0.2) is 0 Å². The van der Waals surface area contributed by atoms with Gasteiger partial charge in [-0.2, -0.15) is 0 Å². The fourth-order valence-corrected chi connectivity index (χ4v) is 2.89. The Hall–Kier alpha value is -1.16. The standard InChI is InChI=1S/C16H14Cl2O2S/c1-11(19)13-4-2-3-5-16(13)20-8-9-21-12-6-7-14(17)15(18)10-12/h2-7,10H,8-9H2,1H3. The molecule has 110 valence electrons. The Balaban J connectivity index is 1.87. The molecule has 5 heteroatoms. The Bertz CT molecular complexity index is 644. The summed E-state index contributed by atoms with van der Waals surface area (Å²) in [5.41, 5.74) is 0.608. The number of halogens is 2. The van der Waals surface area contributed by atoms with Crippen molar-refractivity contribution in [2.45, 2.75) is 11.8 Å². The Morgan fingerprint density at radius 1 is 1.14 bits per heavy atom. The summed E-state index contributed by atoms with van der Waals surface area (Å²) in [5, 5.41) is 1.09. The molecule has 2 aromatic carbocycles. The third-order valence-corrected chi connectivity index (χ3v) is 4.46. The van der Waals surface area contributed by atoms with Crippen LogP contribution in [0.3, 0.4) is 0 Å². The highest BCUT2D eigenvalue weighted by Crippen LogP contribution is 2.28. The van der Waals surface area contributed by atoms with E-state index < -0.39 is 0 Å². The number of rotatable bonds is 6. The van der Waals surface area contributed by atoms with Crippen molar-refractivity contribution in [1.82, 2.24) is 0 Å². The number of ketones is 1. The summed E-state index contributed by atoms with van der Waals surface area (Å²) in [4.78, 5) is 12.5. The topological polar surface area (TPSA) is 26.3 Å². The van der Waals surface area contributed by atoms with Gasteiger partial charge in [-0.1, -0.05) is 35.3 Å². The van der Waals surface area contributed by atoms with Crippen LogP contribution < -0.4 is 4.74 Å². The molecular formula is C16H14Cl2O2S. The number of para-hydroxylation sites is 1. The van der Waals surface area contributed by atoms with Gasteiger partial charge >= 0.3 is 0 Å². The van der Waals surface area contributed by atoms with Gasteiger partial charge in [0.15, 0.2) is 5.78 Å². The summed E-state index contributed by atoms with van der Waals surface area (Å²) in [7, 11) is 0. The molecule has 0 atom stereocenters. The molecule has 0 saturated heterocycles. The molecule has 2 nitrogen and oxygen atoms in total. The second kappa shape index (κ2) is 7.74. The number of carbonyl (C=O) groups is 1. The van der Waals surface area contributed by atoms with E-state index in [1.807, 2.05) is 24.3 Å². The van der Waals surface area contributed by atoms with E-state index in [2.05, 4.69) is 0 Å². The molecule has 0 saturated carbocycles. The number of hydrogen-bond donors (Lipinski definition) is 0. The largest absolute Gasteiger partial charge is 0.492 e. The lowest BCUT2D eigenvalue weighted by Gasteiger charge is -2.09. The van der Waals surface area contributed by atoms with Gasteiger partial charge in [0.1, 0.15) is 5.75 Å². The third-order valence-electron chi connectivity index (χ3n) is 2.77. The highest BCUT2D eigenvalue weighted by molar-refractivity contribution is 7.99. The number of hydrogen-bond acceptors (Lipinski definition) is 3. The molecule has 0 amide bonds. The minimum Gasteiger partial charge on any atom is -0.492 e. The molecule has 0 fully saturated rings. The van der Waals surface area contributed by atoms with Crippen LogP contribution >= 0.6 is 35.0 Å². The van der Waals surface area contributed by atoms with Crippen molar-refractivity contribution >= 4 is 40.7 Å². The molecule has 0 radical (unpaired) electrons. The predicted octanol–water partition coefficient (Wildman–Crippen LogP) is 5.37. The molecule has 0 aliphatic rings. The van der Waals surface area contributed by atoms with Crippen LogP contribution in [0.25, 0.3) is 0 Å². The lowest BCUT2D eigenvalue weighted by atomic mass is 10.1. The van der Waals surface area contributed by atoms with Crippen LogP contribution in [0, 0.1) is 0 Å². The van der Waals surface area contributed by atoms with Crippen LogP contribution in [-0.2, 0) is 0 Å². The van der Waals surface area contributed by atoms with Crippen molar-refractivity contribution in [3.05, 3.63) is 58.1 Å². The zero-order valence-electron chi connectivity index (χ0n) is 11.4. The van der Waals surface area contributed by atoms with E-state index in [4.69, 9.17) is 27.9 Å². The smallest absolute Gasteiger partial charge is 0.163 e. The quantitative estimate of drug-likeness (QED) is 0.402. The van der Waals surface area contributed by atoms with Crippen LogP contribution in [0.15, 0.2) is 47.4 Å². The fourth-order valence-electron chi connectivity index (χ4n) is 1.76. The second-order valence-electron chi connectivity index (χ2n) is 4.33. The molecule has 21 heavy (non-hydrogen) atoms. The molecule has 2 rings (SSSR count). The van der Waals surface area contributed by atoms with Crippen LogP contribution in [0.4, 0.5) is 0 Å². The number of benzene rings is 2. The lowest BCUT2D eigenvalue weighted by molar-refractivity contribution is 0.101. The van der Waals surface area contributed by atoms with Gasteiger partial charge in [-0.15, -0.1) is 11.8 Å². The van der Waals surface area contributed by atoms with Crippen LogP contribution in [0.1, 0.15) is 17.3 Å². The number of carbonyl (C=O) groups excluding carboxylic acids is 1. The van der Waals surface area contributed by atoms with Crippen molar-refractivity contribution in [2.24, 2.45) is 0 Å². The first-order valence-electron chi connectivity index (χ1n) is 6.38. The summed E-state index contributed by atoms with van der Waals surface area (Å²) in [6, 6.07) is 12.8. The van der Waals surface area contributed by atoms with Gasteiger partial charge < -0.3 is 4.74 Å². The van der Waals surface area contributed by atoms with Crippen molar-refractivity contribution in [3.8, 4) is 5.75 Å². The zero-order valence-corrected chi connectivity index (χ0v) is 13.8. The second-order valence-corrected chi connectivity index (χ2v) is 6.31. The number of Topliss-reactive ketones (excluding diaryl/α,β-unsaturated/α-hetero) is 1. The van der Waals surface area contributed by atoms with E-state index in [0.29, 0.717) is 28.0 Å². The van der Waals surface area contributed by atoms with Crippen molar-refractivity contribution < 1.29 is 9.53 Å². The summed E-state index contributed by atoms with van der Waals surface area (Å²) in [6.07, 6.45) is 0. The molecule has 0 bridgehead atoms. The minimum atomic E-state index is 0.00253. The van der Waals surface area contributed by atoms with Gasteiger partial charge in [0, 0.05) is 10.6 Å². The van der Waals surface area contributed by atoms with E-state index in [9.17, 15) is 4.79 Å². The highest BCUT2D eigenvalue weighted by atomic mass is 35.5. The number of thioether (sulfide) groups is 1. The summed E-state index contributed by atoms with van der Waals surface area (Å²) >= 11 is 13.5. The molecular weight excluding hydrogens is 327 g/mol. The number of ether oxygens (including phenoxy) is 1. The van der Waals surface area contributed by atoms with E-state index in [1.54, 1.807) is 30.0 Å². The molecule has 0 N–H and O–H groups in total.